The van der Waals surface area contributed by atoms with Gasteiger partial charge < -0.3 is 20.7 Å². The van der Waals surface area contributed by atoms with Crippen molar-refractivity contribution in [2.75, 3.05) is 36.1 Å². The van der Waals surface area contributed by atoms with Gasteiger partial charge in [0.25, 0.3) is 0 Å². The summed E-state index contributed by atoms with van der Waals surface area (Å²) in [6.45, 7) is 4.87. The molecule has 2 heterocycles. The van der Waals surface area contributed by atoms with Crippen LogP contribution in [0.15, 0.2) is 0 Å². The highest BCUT2D eigenvalue weighted by Gasteiger charge is 2.31. The third kappa shape index (κ3) is 2.72. The van der Waals surface area contributed by atoms with E-state index in [0.717, 1.165) is 0 Å². The Balaban J connectivity index is 2.47. The number of ether oxygens (including phenoxy) is 1. The molecule has 1 aliphatic heterocycles. The molecule has 110 valence electrons. The van der Waals surface area contributed by atoms with Gasteiger partial charge in [0.15, 0.2) is 0 Å². The monoisotopic (exact) mass is 282 g/mol. The van der Waals surface area contributed by atoms with Gasteiger partial charge in [-0.3, -0.25) is 10.1 Å². The van der Waals surface area contributed by atoms with Gasteiger partial charge >= 0.3 is 5.69 Å². The van der Waals surface area contributed by atoms with E-state index in [-0.39, 0.29) is 35.5 Å². The van der Waals surface area contributed by atoms with Crippen LogP contribution in [-0.2, 0) is 4.74 Å². The number of nitrogens with one attached hydrogen (secondary N) is 1. The van der Waals surface area contributed by atoms with Crippen LogP contribution in [0, 0.1) is 10.1 Å². The molecule has 2 atom stereocenters. The van der Waals surface area contributed by atoms with Crippen molar-refractivity contribution in [1.82, 2.24) is 9.97 Å². The zero-order valence-electron chi connectivity index (χ0n) is 11.7. The molecule has 0 amide bonds. The first-order valence-corrected chi connectivity index (χ1v) is 6.32. The highest BCUT2D eigenvalue weighted by Crippen LogP contribution is 2.33. The Morgan fingerprint density at radius 2 is 2.00 bits per heavy atom. The molecular weight excluding hydrogens is 264 g/mol. The Morgan fingerprint density at radius 3 is 2.50 bits per heavy atom. The van der Waals surface area contributed by atoms with E-state index in [0.29, 0.717) is 13.1 Å². The fraction of sp³-hybridized carbons (Fsp3) is 0.636. The van der Waals surface area contributed by atoms with E-state index in [2.05, 4.69) is 15.3 Å². The normalized spacial score (nSPS) is 22.6. The van der Waals surface area contributed by atoms with Crippen LogP contribution >= 0.6 is 0 Å². The number of hydrogen-bond donors (Lipinski definition) is 2. The largest absolute Gasteiger partial charge is 0.378 e. The summed E-state index contributed by atoms with van der Waals surface area (Å²) in [5, 5.41) is 14.0. The molecule has 1 saturated heterocycles. The zero-order valence-corrected chi connectivity index (χ0v) is 11.7. The number of aromatic nitrogens is 2. The van der Waals surface area contributed by atoms with Crippen LogP contribution in [0.4, 0.5) is 23.3 Å². The summed E-state index contributed by atoms with van der Waals surface area (Å²) in [5.41, 5.74) is 5.42. The number of nitrogens with two attached hydrogens (primary N) is 1. The van der Waals surface area contributed by atoms with Gasteiger partial charge in [-0.05, 0) is 13.8 Å². The third-order valence-electron chi connectivity index (χ3n) is 3.02. The zero-order chi connectivity index (χ0) is 14.9. The molecule has 0 saturated carbocycles. The minimum Gasteiger partial charge on any atom is -0.378 e. The number of nitrogens with zero attached hydrogens (tertiary/aromatic N) is 4. The first kappa shape index (κ1) is 14.3. The summed E-state index contributed by atoms with van der Waals surface area (Å²) in [7, 11) is 1.63. The molecule has 0 bridgehead atoms. The van der Waals surface area contributed by atoms with E-state index in [9.17, 15) is 10.1 Å². The third-order valence-corrected chi connectivity index (χ3v) is 3.02. The number of hydrogen-bond acceptors (Lipinski definition) is 8. The number of morpholine rings is 1. The van der Waals surface area contributed by atoms with Gasteiger partial charge in [-0.15, -0.1) is 0 Å². The molecule has 0 radical (unpaired) electrons. The van der Waals surface area contributed by atoms with E-state index >= 15 is 0 Å². The van der Waals surface area contributed by atoms with Gasteiger partial charge in [-0.1, -0.05) is 0 Å². The molecule has 0 aliphatic carbocycles. The summed E-state index contributed by atoms with van der Waals surface area (Å²) < 4.78 is 5.62. The minimum atomic E-state index is -0.547. The lowest BCUT2D eigenvalue weighted by atomic mass is 10.2. The van der Waals surface area contributed by atoms with Crippen molar-refractivity contribution in [1.29, 1.82) is 0 Å². The first-order chi connectivity index (χ1) is 9.42. The van der Waals surface area contributed by atoms with Crippen molar-refractivity contribution in [3.8, 4) is 0 Å². The van der Waals surface area contributed by atoms with E-state index in [1.807, 2.05) is 18.7 Å². The molecule has 3 N–H and O–H groups in total. The number of nitro groups is 1. The van der Waals surface area contributed by atoms with Crippen molar-refractivity contribution < 1.29 is 9.66 Å². The van der Waals surface area contributed by atoms with Crippen LogP contribution in [0.3, 0.4) is 0 Å². The Morgan fingerprint density at radius 1 is 1.40 bits per heavy atom. The molecule has 1 fully saturated rings. The van der Waals surface area contributed by atoms with E-state index in [1.54, 1.807) is 7.05 Å². The molecule has 1 aliphatic rings. The number of rotatable bonds is 3. The maximum absolute atomic E-state index is 11.2. The van der Waals surface area contributed by atoms with Crippen LogP contribution in [0.2, 0.25) is 0 Å². The van der Waals surface area contributed by atoms with Crippen LogP contribution in [0.25, 0.3) is 0 Å². The predicted octanol–water partition coefficient (Wildman–Crippen LogP) is 0.622. The van der Waals surface area contributed by atoms with E-state index in [1.165, 1.54) is 0 Å². The Bertz CT molecular complexity index is 513. The van der Waals surface area contributed by atoms with Crippen molar-refractivity contribution >= 4 is 23.3 Å². The Hall–Kier alpha value is -2.16. The standard InChI is InChI=1S/C11H18N6O3/c1-6-4-16(5-7(2)20-6)10-8(17(18)19)9(12)14-11(13-3)15-10/h6-7H,4-5H2,1-3H3,(H3,12,13,14,15)/t6-,7-/m0/s1. The van der Waals surface area contributed by atoms with E-state index in [4.69, 9.17) is 10.5 Å². The molecule has 20 heavy (non-hydrogen) atoms. The van der Waals surface area contributed by atoms with Gasteiger partial charge in [-0.2, -0.15) is 9.97 Å². The first-order valence-electron chi connectivity index (χ1n) is 6.32. The summed E-state index contributed by atoms with van der Waals surface area (Å²) in [5.74, 6) is 0.347. The van der Waals surface area contributed by atoms with Crippen LogP contribution < -0.4 is 16.0 Å². The maximum Gasteiger partial charge on any atom is 0.353 e. The Labute approximate surface area is 116 Å². The molecule has 1 aromatic heterocycles. The summed E-state index contributed by atoms with van der Waals surface area (Å²) in [6.07, 6.45) is -0.0693. The van der Waals surface area contributed by atoms with Crippen LogP contribution in [-0.4, -0.2) is 47.2 Å². The fourth-order valence-corrected chi connectivity index (χ4v) is 2.32. The number of nitrogen functional groups attached to an aromatic ring is 1. The highest BCUT2D eigenvalue weighted by molar-refractivity contribution is 5.71. The molecule has 0 unspecified atom stereocenters. The van der Waals surface area contributed by atoms with Crippen molar-refractivity contribution in [3.05, 3.63) is 10.1 Å². The lowest BCUT2D eigenvalue weighted by molar-refractivity contribution is -0.383. The van der Waals surface area contributed by atoms with Crippen molar-refractivity contribution in [2.24, 2.45) is 0 Å². The molecule has 0 aromatic carbocycles. The quantitative estimate of drug-likeness (QED) is 0.611. The topological polar surface area (TPSA) is 119 Å². The van der Waals surface area contributed by atoms with Crippen LogP contribution in [0.5, 0.6) is 0 Å². The summed E-state index contributed by atoms with van der Waals surface area (Å²) in [4.78, 5) is 20.5. The van der Waals surface area contributed by atoms with Gasteiger partial charge in [0, 0.05) is 20.1 Å². The summed E-state index contributed by atoms with van der Waals surface area (Å²) >= 11 is 0. The SMILES string of the molecule is CNc1nc(N)c([N+](=O)[O-])c(N2C[C@H](C)O[C@@H](C)C2)n1. The second kappa shape index (κ2) is 5.45. The van der Waals surface area contributed by atoms with Crippen molar-refractivity contribution in [3.63, 3.8) is 0 Å². The summed E-state index contributed by atoms with van der Waals surface area (Å²) in [6, 6.07) is 0. The van der Waals surface area contributed by atoms with Gasteiger partial charge in [0.05, 0.1) is 17.1 Å². The molecule has 9 heteroatoms. The lowest BCUT2D eigenvalue weighted by Crippen LogP contribution is -2.46. The van der Waals surface area contributed by atoms with Gasteiger partial charge in [-0.25, -0.2) is 0 Å². The van der Waals surface area contributed by atoms with Gasteiger partial charge in [0.2, 0.25) is 17.6 Å². The molecule has 2 rings (SSSR count). The van der Waals surface area contributed by atoms with Gasteiger partial charge in [0.1, 0.15) is 0 Å². The van der Waals surface area contributed by atoms with Crippen molar-refractivity contribution in [2.45, 2.75) is 26.1 Å². The molecule has 0 spiro atoms. The van der Waals surface area contributed by atoms with Crippen LogP contribution in [0.1, 0.15) is 13.8 Å². The minimum absolute atomic E-state index is 0.0346. The molecular formula is C11H18N6O3. The molecule has 1 aromatic rings. The van der Waals surface area contributed by atoms with E-state index < -0.39 is 4.92 Å². The highest BCUT2D eigenvalue weighted by atomic mass is 16.6. The number of anilines is 3. The fourth-order valence-electron chi connectivity index (χ4n) is 2.32. The second-order valence-electron chi connectivity index (χ2n) is 4.77. The predicted molar refractivity (Wildman–Crippen MR) is 74.9 cm³/mol. The molecule has 9 nitrogen and oxygen atoms in total. The smallest absolute Gasteiger partial charge is 0.353 e. The second-order valence-corrected chi connectivity index (χ2v) is 4.77. The lowest BCUT2D eigenvalue weighted by Gasteiger charge is -2.35. The average molecular weight is 282 g/mol. The average Bonchev–Trinajstić information content (AvgIpc) is 2.35. The Kier molecular flexibility index (Phi) is 3.89. The maximum atomic E-state index is 11.2.